The van der Waals surface area contributed by atoms with Gasteiger partial charge in [0.15, 0.2) is 0 Å². The first-order valence-corrected chi connectivity index (χ1v) is 6.85. The van der Waals surface area contributed by atoms with Gasteiger partial charge in [-0.3, -0.25) is 0 Å². The highest BCUT2D eigenvalue weighted by Gasteiger charge is 2.44. The summed E-state index contributed by atoms with van der Waals surface area (Å²) in [6.07, 6.45) is 1.01. The zero-order valence-corrected chi connectivity index (χ0v) is 12.8. The fraction of sp³-hybridized carbons (Fsp3) is 0.647. The lowest BCUT2D eigenvalue weighted by molar-refractivity contribution is 0.00355. The number of fused-ring (bicyclic) bond motifs is 1. The van der Waals surface area contributed by atoms with E-state index in [1.807, 2.05) is 0 Å². The highest BCUT2D eigenvalue weighted by atomic mass is 16.5. The maximum atomic E-state index is 6.23. The van der Waals surface area contributed by atoms with Crippen LogP contribution >= 0.6 is 0 Å². The molecular weight excluding hydrogens is 220 g/mol. The fourth-order valence-electron chi connectivity index (χ4n) is 2.34. The van der Waals surface area contributed by atoms with Crippen molar-refractivity contribution in [1.82, 2.24) is 0 Å². The highest BCUT2D eigenvalue weighted by molar-refractivity contribution is 5.44. The average Bonchev–Trinajstić information content (AvgIpc) is 2.51. The molecule has 0 radical (unpaired) electrons. The summed E-state index contributed by atoms with van der Waals surface area (Å²) >= 11 is 0. The zero-order valence-electron chi connectivity index (χ0n) is 12.8. The molecule has 0 spiro atoms. The first-order chi connectivity index (χ1) is 8.03. The van der Waals surface area contributed by atoms with Crippen LogP contribution in [0.4, 0.5) is 0 Å². The summed E-state index contributed by atoms with van der Waals surface area (Å²) in [5.74, 6) is 1.07. The van der Waals surface area contributed by atoms with E-state index in [2.05, 4.69) is 66.7 Å². The number of rotatable bonds is 0. The average molecular weight is 246 g/mol. The Hall–Kier alpha value is -0.980. The maximum absolute atomic E-state index is 6.23. The van der Waals surface area contributed by atoms with E-state index < -0.39 is 0 Å². The topological polar surface area (TPSA) is 9.23 Å². The van der Waals surface area contributed by atoms with Gasteiger partial charge in [-0.25, -0.2) is 0 Å². The van der Waals surface area contributed by atoms with E-state index in [1.165, 1.54) is 11.1 Å². The van der Waals surface area contributed by atoms with E-state index in [0.717, 1.165) is 12.2 Å². The second-order valence-corrected chi connectivity index (χ2v) is 7.83. The lowest BCUT2D eigenvalue weighted by Crippen LogP contribution is -2.44. The van der Waals surface area contributed by atoms with Gasteiger partial charge < -0.3 is 4.74 Å². The van der Waals surface area contributed by atoms with E-state index in [4.69, 9.17) is 4.74 Å². The third-order valence-electron chi connectivity index (χ3n) is 4.38. The minimum atomic E-state index is -0.0914. The molecule has 1 aliphatic heterocycles. The molecule has 0 aliphatic carbocycles. The van der Waals surface area contributed by atoms with Crippen molar-refractivity contribution >= 4 is 0 Å². The van der Waals surface area contributed by atoms with Crippen LogP contribution in [0.2, 0.25) is 0 Å². The van der Waals surface area contributed by atoms with Crippen LogP contribution in [0, 0.1) is 5.41 Å². The van der Waals surface area contributed by atoms with Gasteiger partial charge in [0.2, 0.25) is 0 Å². The second kappa shape index (κ2) is 3.76. The highest BCUT2D eigenvalue weighted by Crippen LogP contribution is 2.45. The van der Waals surface area contributed by atoms with Gasteiger partial charge in [-0.1, -0.05) is 53.7 Å². The molecule has 1 aliphatic rings. The van der Waals surface area contributed by atoms with E-state index >= 15 is 0 Å². The monoisotopic (exact) mass is 246 g/mol. The van der Waals surface area contributed by atoms with Gasteiger partial charge >= 0.3 is 0 Å². The van der Waals surface area contributed by atoms with Gasteiger partial charge in [-0.05, 0) is 29.5 Å². The van der Waals surface area contributed by atoms with Gasteiger partial charge in [0.05, 0.1) is 0 Å². The van der Waals surface area contributed by atoms with Crippen LogP contribution in [0.15, 0.2) is 18.2 Å². The molecule has 0 fully saturated rings. The molecule has 2 rings (SSSR count). The molecule has 1 unspecified atom stereocenters. The molecule has 1 aromatic rings. The third-order valence-corrected chi connectivity index (χ3v) is 4.38. The molecule has 0 aromatic heterocycles. The zero-order chi connectivity index (χ0) is 13.8. The molecule has 0 N–H and O–H groups in total. The smallest absolute Gasteiger partial charge is 0.123 e. The van der Waals surface area contributed by atoms with Crippen LogP contribution in [0.25, 0.3) is 0 Å². The van der Waals surface area contributed by atoms with Crippen molar-refractivity contribution in [2.75, 3.05) is 0 Å². The third kappa shape index (κ3) is 2.15. The quantitative estimate of drug-likeness (QED) is 0.643. The van der Waals surface area contributed by atoms with E-state index in [0.29, 0.717) is 0 Å². The van der Waals surface area contributed by atoms with Crippen molar-refractivity contribution in [3.8, 4) is 5.75 Å². The Morgan fingerprint density at radius 1 is 1.06 bits per heavy atom. The SMILES string of the molecule is CC(C)(C)c1ccc2c(c1)CC(C)(C(C)(C)C)O2. The lowest BCUT2D eigenvalue weighted by atomic mass is 9.75. The summed E-state index contributed by atoms with van der Waals surface area (Å²) < 4.78 is 6.23. The van der Waals surface area contributed by atoms with E-state index in [-0.39, 0.29) is 16.4 Å². The summed E-state index contributed by atoms with van der Waals surface area (Å²) in [5, 5.41) is 0. The van der Waals surface area contributed by atoms with Crippen molar-refractivity contribution in [3.63, 3.8) is 0 Å². The Labute approximate surface area is 112 Å². The van der Waals surface area contributed by atoms with Gasteiger partial charge in [0.25, 0.3) is 0 Å². The molecule has 1 nitrogen and oxygen atoms in total. The van der Waals surface area contributed by atoms with Crippen molar-refractivity contribution in [2.45, 2.75) is 65.9 Å². The molecule has 100 valence electrons. The van der Waals surface area contributed by atoms with Crippen LogP contribution in [0.3, 0.4) is 0 Å². The van der Waals surface area contributed by atoms with Crippen LogP contribution < -0.4 is 4.74 Å². The molecule has 0 saturated heterocycles. The first-order valence-electron chi connectivity index (χ1n) is 6.85. The maximum Gasteiger partial charge on any atom is 0.123 e. The van der Waals surface area contributed by atoms with Crippen molar-refractivity contribution < 1.29 is 4.74 Å². The fourth-order valence-corrected chi connectivity index (χ4v) is 2.34. The minimum absolute atomic E-state index is 0.0914. The number of ether oxygens (including phenoxy) is 1. The van der Waals surface area contributed by atoms with Crippen molar-refractivity contribution in [2.24, 2.45) is 5.41 Å². The molecule has 0 saturated carbocycles. The predicted molar refractivity (Wildman–Crippen MR) is 77.3 cm³/mol. The molecule has 1 heterocycles. The van der Waals surface area contributed by atoms with Crippen LogP contribution in [-0.2, 0) is 11.8 Å². The molecule has 18 heavy (non-hydrogen) atoms. The number of hydrogen-bond donors (Lipinski definition) is 0. The number of hydrogen-bond acceptors (Lipinski definition) is 1. The Kier molecular flexibility index (Phi) is 2.81. The van der Waals surface area contributed by atoms with Gasteiger partial charge in [0.1, 0.15) is 11.4 Å². The molecule has 1 aromatic carbocycles. The molecule has 1 heteroatoms. The Morgan fingerprint density at radius 2 is 1.67 bits per heavy atom. The van der Waals surface area contributed by atoms with E-state index in [1.54, 1.807) is 0 Å². The summed E-state index contributed by atoms with van der Waals surface area (Å²) in [7, 11) is 0. The molecule has 0 amide bonds. The van der Waals surface area contributed by atoms with Crippen LogP contribution in [-0.4, -0.2) is 5.60 Å². The lowest BCUT2D eigenvalue weighted by Gasteiger charge is -2.37. The Balaban J connectivity index is 2.37. The summed E-state index contributed by atoms with van der Waals surface area (Å²) in [4.78, 5) is 0. The predicted octanol–water partition coefficient (Wildman–Crippen LogP) is 4.72. The first kappa shape index (κ1) is 13.5. The van der Waals surface area contributed by atoms with Crippen molar-refractivity contribution in [1.29, 1.82) is 0 Å². The standard InChI is InChI=1S/C17H26O/c1-15(2,3)13-8-9-14-12(10-13)11-17(7,18-14)16(4,5)6/h8-10H,11H2,1-7H3. The number of benzene rings is 1. The molecular formula is C17H26O. The summed E-state index contributed by atoms with van der Waals surface area (Å²) in [5.41, 5.74) is 3.01. The van der Waals surface area contributed by atoms with Gasteiger partial charge in [0, 0.05) is 11.8 Å². The van der Waals surface area contributed by atoms with Gasteiger partial charge in [-0.2, -0.15) is 0 Å². The molecule has 1 atom stereocenters. The summed E-state index contributed by atoms with van der Waals surface area (Å²) in [6.45, 7) is 15.8. The van der Waals surface area contributed by atoms with Crippen molar-refractivity contribution in [3.05, 3.63) is 29.3 Å². The Morgan fingerprint density at radius 3 is 2.17 bits per heavy atom. The van der Waals surface area contributed by atoms with Gasteiger partial charge in [-0.15, -0.1) is 0 Å². The van der Waals surface area contributed by atoms with Crippen LogP contribution in [0.1, 0.15) is 59.6 Å². The summed E-state index contributed by atoms with van der Waals surface area (Å²) in [6, 6.07) is 6.67. The second-order valence-electron chi connectivity index (χ2n) is 7.83. The Bertz CT molecular complexity index is 459. The molecule has 0 bridgehead atoms. The largest absolute Gasteiger partial charge is 0.486 e. The minimum Gasteiger partial charge on any atom is -0.486 e. The van der Waals surface area contributed by atoms with Crippen LogP contribution in [0.5, 0.6) is 5.75 Å². The normalized spacial score (nSPS) is 23.7. The van der Waals surface area contributed by atoms with E-state index in [9.17, 15) is 0 Å².